The Kier molecular flexibility index (Phi) is 4.10. The van der Waals surface area contributed by atoms with Crippen LogP contribution in [-0.2, 0) is 0 Å². The molecule has 1 aromatic heterocycles. The molecule has 16 heavy (non-hydrogen) atoms. The molecule has 0 aliphatic rings. The molecule has 3 nitrogen and oxygen atoms in total. The maximum atomic E-state index is 12.2. The third kappa shape index (κ3) is 3.32. The first-order valence-corrected chi connectivity index (χ1v) is 6.29. The molecule has 0 saturated heterocycles. The molecule has 0 aliphatic carbocycles. The SMILES string of the molecule is CCN(CC(C)(C)O)C(=O)c1sccc1C. The van der Waals surface area contributed by atoms with E-state index in [0.717, 1.165) is 10.4 Å². The zero-order chi connectivity index (χ0) is 12.3. The van der Waals surface area contributed by atoms with Crippen molar-refractivity contribution in [2.75, 3.05) is 13.1 Å². The van der Waals surface area contributed by atoms with E-state index in [1.54, 1.807) is 18.7 Å². The molecule has 90 valence electrons. The fourth-order valence-electron chi connectivity index (χ4n) is 1.53. The van der Waals surface area contributed by atoms with Gasteiger partial charge in [-0.3, -0.25) is 4.79 Å². The van der Waals surface area contributed by atoms with Crippen molar-refractivity contribution in [1.82, 2.24) is 4.90 Å². The van der Waals surface area contributed by atoms with Crippen LogP contribution in [0.3, 0.4) is 0 Å². The summed E-state index contributed by atoms with van der Waals surface area (Å²) in [6, 6.07) is 1.94. The number of nitrogens with zero attached hydrogens (tertiary/aromatic N) is 1. The molecule has 0 unspecified atom stereocenters. The number of likely N-dealkylation sites (N-methyl/N-ethyl adjacent to an activating group) is 1. The van der Waals surface area contributed by atoms with Gasteiger partial charge in [-0.1, -0.05) is 0 Å². The average molecular weight is 241 g/mol. The lowest BCUT2D eigenvalue weighted by molar-refractivity contribution is 0.0317. The number of amides is 1. The van der Waals surface area contributed by atoms with Gasteiger partial charge in [0, 0.05) is 13.1 Å². The van der Waals surface area contributed by atoms with Crippen LogP contribution in [0, 0.1) is 6.92 Å². The zero-order valence-corrected chi connectivity index (χ0v) is 11.1. The number of aliphatic hydroxyl groups is 1. The molecular weight excluding hydrogens is 222 g/mol. The zero-order valence-electron chi connectivity index (χ0n) is 10.3. The van der Waals surface area contributed by atoms with E-state index in [1.807, 2.05) is 25.3 Å². The first kappa shape index (κ1) is 13.2. The minimum atomic E-state index is -0.850. The van der Waals surface area contributed by atoms with Crippen molar-refractivity contribution in [2.45, 2.75) is 33.3 Å². The van der Waals surface area contributed by atoms with Crippen LogP contribution in [0.15, 0.2) is 11.4 Å². The fraction of sp³-hybridized carbons (Fsp3) is 0.583. The Morgan fingerprint density at radius 3 is 2.56 bits per heavy atom. The highest BCUT2D eigenvalue weighted by atomic mass is 32.1. The number of carbonyl (C=O) groups excluding carboxylic acids is 1. The molecule has 4 heteroatoms. The second-order valence-corrected chi connectivity index (χ2v) is 5.48. The van der Waals surface area contributed by atoms with Gasteiger partial charge in [0.25, 0.3) is 5.91 Å². The molecular formula is C12H19NO2S. The average Bonchev–Trinajstić information content (AvgIpc) is 2.58. The molecule has 0 saturated carbocycles. The van der Waals surface area contributed by atoms with Crippen LogP contribution in [0.4, 0.5) is 0 Å². The molecule has 0 aromatic carbocycles. The van der Waals surface area contributed by atoms with E-state index in [4.69, 9.17) is 0 Å². The van der Waals surface area contributed by atoms with Gasteiger partial charge in [0.1, 0.15) is 0 Å². The van der Waals surface area contributed by atoms with Gasteiger partial charge in [-0.05, 0) is 44.7 Å². The van der Waals surface area contributed by atoms with Crippen LogP contribution in [0.5, 0.6) is 0 Å². The van der Waals surface area contributed by atoms with E-state index in [-0.39, 0.29) is 5.91 Å². The second kappa shape index (κ2) is 4.97. The Bertz CT molecular complexity index is 365. The van der Waals surface area contributed by atoms with Crippen molar-refractivity contribution in [1.29, 1.82) is 0 Å². The van der Waals surface area contributed by atoms with E-state index in [2.05, 4.69) is 0 Å². The lowest BCUT2D eigenvalue weighted by atomic mass is 10.1. The lowest BCUT2D eigenvalue weighted by Gasteiger charge is -2.27. The standard InChI is InChI=1S/C12H19NO2S/c1-5-13(8-12(3,4)15)11(14)10-9(2)6-7-16-10/h6-7,15H,5,8H2,1-4H3. The topological polar surface area (TPSA) is 40.5 Å². The Morgan fingerprint density at radius 1 is 1.56 bits per heavy atom. The van der Waals surface area contributed by atoms with Crippen LogP contribution in [0.1, 0.15) is 36.0 Å². The van der Waals surface area contributed by atoms with E-state index < -0.39 is 5.60 Å². The minimum absolute atomic E-state index is 0.0112. The normalized spacial score (nSPS) is 11.6. The predicted molar refractivity (Wildman–Crippen MR) is 66.9 cm³/mol. The highest BCUT2D eigenvalue weighted by Crippen LogP contribution is 2.19. The predicted octanol–water partition coefficient (Wildman–Crippen LogP) is 2.29. The summed E-state index contributed by atoms with van der Waals surface area (Å²) in [7, 11) is 0. The van der Waals surface area contributed by atoms with E-state index in [1.165, 1.54) is 11.3 Å². The molecule has 1 heterocycles. The molecule has 0 bridgehead atoms. The third-order valence-electron chi connectivity index (χ3n) is 2.30. The lowest BCUT2D eigenvalue weighted by Crippen LogP contribution is -2.42. The molecule has 1 N–H and O–H groups in total. The van der Waals surface area contributed by atoms with Crippen molar-refractivity contribution in [3.63, 3.8) is 0 Å². The van der Waals surface area contributed by atoms with Crippen LogP contribution >= 0.6 is 11.3 Å². The number of thiophene rings is 1. The molecule has 0 atom stereocenters. The summed E-state index contributed by atoms with van der Waals surface area (Å²) in [5, 5.41) is 11.7. The van der Waals surface area contributed by atoms with E-state index >= 15 is 0 Å². The monoisotopic (exact) mass is 241 g/mol. The molecule has 0 spiro atoms. The fourth-order valence-corrected chi connectivity index (χ4v) is 2.42. The Hall–Kier alpha value is -0.870. The van der Waals surface area contributed by atoms with Crippen molar-refractivity contribution < 1.29 is 9.90 Å². The van der Waals surface area contributed by atoms with Gasteiger partial charge in [-0.15, -0.1) is 11.3 Å². The highest BCUT2D eigenvalue weighted by Gasteiger charge is 2.23. The van der Waals surface area contributed by atoms with Crippen molar-refractivity contribution in [3.8, 4) is 0 Å². The van der Waals surface area contributed by atoms with E-state index in [0.29, 0.717) is 13.1 Å². The molecule has 1 amide bonds. The molecule has 0 radical (unpaired) electrons. The van der Waals surface area contributed by atoms with Gasteiger partial charge in [0.2, 0.25) is 0 Å². The van der Waals surface area contributed by atoms with Gasteiger partial charge in [-0.25, -0.2) is 0 Å². The smallest absolute Gasteiger partial charge is 0.264 e. The van der Waals surface area contributed by atoms with E-state index in [9.17, 15) is 9.90 Å². The summed E-state index contributed by atoms with van der Waals surface area (Å²) in [6.07, 6.45) is 0. The van der Waals surface area contributed by atoms with Gasteiger partial charge in [0.05, 0.1) is 10.5 Å². The van der Waals surface area contributed by atoms with Crippen LogP contribution in [-0.4, -0.2) is 34.6 Å². The van der Waals surface area contributed by atoms with Gasteiger partial charge in [0.15, 0.2) is 0 Å². The first-order valence-electron chi connectivity index (χ1n) is 5.41. The van der Waals surface area contributed by atoms with Crippen LogP contribution in [0.25, 0.3) is 0 Å². The number of rotatable bonds is 4. The summed E-state index contributed by atoms with van der Waals surface area (Å²) < 4.78 is 0. The summed E-state index contributed by atoms with van der Waals surface area (Å²) in [5.41, 5.74) is 0.154. The minimum Gasteiger partial charge on any atom is -0.389 e. The molecule has 1 aromatic rings. The quantitative estimate of drug-likeness (QED) is 0.878. The number of hydrogen-bond donors (Lipinski definition) is 1. The van der Waals surface area contributed by atoms with Crippen molar-refractivity contribution in [3.05, 3.63) is 21.9 Å². The largest absolute Gasteiger partial charge is 0.389 e. The van der Waals surface area contributed by atoms with Crippen LogP contribution in [0.2, 0.25) is 0 Å². The Labute approximate surface area is 101 Å². The van der Waals surface area contributed by atoms with Gasteiger partial charge >= 0.3 is 0 Å². The Balaban J connectivity index is 2.82. The summed E-state index contributed by atoms with van der Waals surface area (Å²) in [6.45, 7) is 8.25. The summed E-state index contributed by atoms with van der Waals surface area (Å²) >= 11 is 1.45. The van der Waals surface area contributed by atoms with Crippen molar-refractivity contribution in [2.24, 2.45) is 0 Å². The number of hydrogen-bond acceptors (Lipinski definition) is 3. The summed E-state index contributed by atoms with van der Waals surface area (Å²) in [5.74, 6) is 0.0112. The van der Waals surface area contributed by atoms with Gasteiger partial charge < -0.3 is 10.0 Å². The third-order valence-corrected chi connectivity index (χ3v) is 3.31. The number of aryl methyl sites for hydroxylation is 1. The maximum absolute atomic E-state index is 12.2. The molecule has 0 aliphatic heterocycles. The van der Waals surface area contributed by atoms with Gasteiger partial charge in [-0.2, -0.15) is 0 Å². The number of carbonyl (C=O) groups is 1. The van der Waals surface area contributed by atoms with Crippen molar-refractivity contribution >= 4 is 17.2 Å². The summed E-state index contributed by atoms with van der Waals surface area (Å²) in [4.78, 5) is 14.6. The Morgan fingerprint density at radius 2 is 2.19 bits per heavy atom. The molecule has 1 rings (SSSR count). The van der Waals surface area contributed by atoms with Crippen LogP contribution < -0.4 is 0 Å². The maximum Gasteiger partial charge on any atom is 0.264 e. The first-order chi connectivity index (χ1) is 7.35. The second-order valence-electron chi connectivity index (χ2n) is 4.56. The molecule has 0 fully saturated rings. The highest BCUT2D eigenvalue weighted by molar-refractivity contribution is 7.12.